The van der Waals surface area contributed by atoms with E-state index in [4.69, 9.17) is 10.5 Å². The summed E-state index contributed by atoms with van der Waals surface area (Å²) in [5.74, 6) is 0.551. The monoisotopic (exact) mass is 201 g/mol. The lowest BCUT2D eigenvalue weighted by Crippen LogP contribution is -1.99. The topological polar surface area (TPSA) is 61.0 Å². The summed E-state index contributed by atoms with van der Waals surface area (Å²) in [5.41, 5.74) is 7.00. The number of nitrogens with zero attached hydrogens (tertiary/aromatic N) is 2. The van der Waals surface area contributed by atoms with Gasteiger partial charge in [0.05, 0.1) is 17.6 Å². The van der Waals surface area contributed by atoms with Crippen LogP contribution in [-0.2, 0) is 6.61 Å². The molecule has 2 rings (SSSR count). The van der Waals surface area contributed by atoms with Crippen molar-refractivity contribution in [2.75, 3.05) is 5.73 Å². The third-order valence-corrected chi connectivity index (χ3v) is 1.85. The number of pyridine rings is 2. The van der Waals surface area contributed by atoms with Crippen molar-refractivity contribution in [1.82, 2.24) is 9.97 Å². The van der Waals surface area contributed by atoms with Crippen LogP contribution in [0.3, 0.4) is 0 Å². The standard InChI is InChI=1S/C11H11N3O/c12-9-4-5-11(14-7-9)15-8-10-3-1-2-6-13-10/h1-7H,8,12H2. The smallest absolute Gasteiger partial charge is 0.213 e. The van der Waals surface area contributed by atoms with E-state index in [2.05, 4.69) is 9.97 Å². The fourth-order valence-corrected chi connectivity index (χ4v) is 1.11. The SMILES string of the molecule is Nc1ccc(OCc2ccccn2)nc1. The van der Waals surface area contributed by atoms with Gasteiger partial charge < -0.3 is 10.5 Å². The Morgan fingerprint density at radius 2 is 2.07 bits per heavy atom. The first-order valence-electron chi connectivity index (χ1n) is 4.59. The molecule has 0 radical (unpaired) electrons. The molecule has 0 fully saturated rings. The van der Waals surface area contributed by atoms with E-state index in [9.17, 15) is 0 Å². The minimum Gasteiger partial charge on any atom is -0.471 e. The summed E-state index contributed by atoms with van der Waals surface area (Å²) in [6.45, 7) is 0.414. The number of aromatic nitrogens is 2. The first kappa shape index (κ1) is 9.45. The average molecular weight is 201 g/mol. The zero-order valence-electron chi connectivity index (χ0n) is 8.13. The van der Waals surface area contributed by atoms with Crippen molar-refractivity contribution >= 4 is 5.69 Å². The molecule has 0 aromatic carbocycles. The van der Waals surface area contributed by atoms with Crippen molar-refractivity contribution in [2.24, 2.45) is 0 Å². The van der Waals surface area contributed by atoms with E-state index in [-0.39, 0.29) is 0 Å². The summed E-state index contributed by atoms with van der Waals surface area (Å²) in [4.78, 5) is 8.15. The van der Waals surface area contributed by atoms with Crippen LogP contribution in [0.25, 0.3) is 0 Å². The molecular weight excluding hydrogens is 190 g/mol. The van der Waals surface area contributed by atoms with Crippen molar-refractivity contribution in [3.63, 3.8) is 0 Å². The van der Waals surface area contributed by atoms with Gasteiger partial charge in [0.2, 0.25) is 5.88 Å². The molecule has 2 aromatic heterocycles. The van der Waals surface area contributed by atoms with Crippen molar-refractivity contribution in [1.29, 1.82) is 0 Å². The Hall–Kier alpha value is -2.10. The highest BCUT2D eigenvalue weighted by Gasteiger charge is 1.96. The van der Waals surface area contributed by atoms with Gasteiger partial charge in [-0.05, 0) is 18.2 Å². The van der Waals surface area contributed by atoms with Crippen LogP contribution in [0.1, 0.15) is 5.69 Å². The van der Waals surface area contributed by atoms with Crippen molar-refractivity contribution in [3.8, 4) is 5.88 Å². The second-order valence-electron chi connectivity index (χ2n) is 3.04. The molecule has 0 bridgehead atoms. The highest BCUT2D eigenvalue weighted by Crippen LogP contribution is 2.09. The van der Waals surface area contributed by atoms with E-state index >= 15 is 0 Å². The molecule has 15 heavy (non-hydrogen) atoms. The molecule has 0 amide bonds. The van der Waals surface area contributed by atoms with Crippen LogP contribution in [0.2, 0.25) is 0 Å². The number of hydrogen-bond acceptors (Lipinski definition) is 4. The van der Waals surface area contributed by atoms with Gasteiger partial charge in [-0.2, -0.15) is 0 Å². The first-order valence-corrected chi connectivity index (χ1v) is 4.59. The predicted molar refractivity (Wildman–Crippen MR) is 57.2 cm³/mol. The fourth-order valence-electron chi connectivity index (χ4n) is 1.11. The molecule has 76 valence electrons. The highest BCUT2D eigenvalue weighted by atomic mass is 16.5. The van der Waals surface area contributed by atoms with Gasteiger partial charge >= 0.3 is 0 Å². The Bertz CT molecular complexity index is 414. The van der Waals surface area contributed by atoms with Gasteiger partial charge in [0.1, 0.15) is 6.61 Å². The van der Waals surface area contributed by atoms with E-state index < -0.39 is 0 Å². The van der Waals surface area contributed by atoms with Crippen LogP contribution < -0.4 is 10.5 Å². The normalized spacial score (nSPS) is 9.87. The lowest BCUT2D eigenvalue weighted by Gasteiger charge is -2.04. The van der Waals surface area contributed by atoms with Gasteiger partial charge in [0.25, 0.3) is 0 Å². The molecule has 0 saturated carbocycles. The van der Waals surface area contributed by atoms with Crippen LogP contribution in [-0.4, -0.2) is 9.97 Å². The second kappa shape index (κ2) is 4.41. The Kier molecular flexibility index (Phi) is 2.78. The summed E-state index contributed by atoms with van der Waals surface area (Å²) in [6, 6.07) is 9.17. The molecule has 0 unspecified atom stereocenters. The van der Waals surface area contributed by atoms with Crippen LogP contribution in [0, 0.1) is 0 Å². The summed E-state index contributed by atoms with van der Waals surface area (Å²) < 4.78 is 5.42. The number of hydrogen-bond donors (Lipinski definition) is 1. The number of anilines is 1. The van der Waals surface area contributed by atoms with E-state index in [0.717, 1.165) is 5.69 Å². The molecule has 2 heterocycles. The Labute approximate surface area is 87.7 Å². The van der Waals surface area contributed by atoms with Crippen LogP contribution in [0.15, 0.2) is 42.7 Å². The molecule has 4 heteroatoms. The van der Waals surface area contributed by atoms with Gasteiger partial charge in [-0.25, -0.2) is 4.98 Å². The maximum absolute atomic E-state index is 5.50. The first-order chi connectivity index (χ1) is 7.34. The molecule has 0 saturated heterocycles. The van der Waals surface area contributed by atoms with Crippen LogP contribution >= 0.6 is 0 Å². The van der Waals surface area contributed by atoms with E-state index in [1.54, 1.807) is 24.5 Å². The van der Waals surface area contributed by atoms with E-state index in [1.807, 2.05) is 18.2 Å². The molecule has 0 spiro atoms. The summed E-state index contributed by atoms with van der Waals surface area (Å²) in [5, 5.41) is 0. The largest absolute Gasteiger partial charge is 0.471 e. The zero-order valence-corrected chi connectivity index (χ0v) is 8.13. The van der Waals surface area contributed by atoms with Gasteiger partial charge in [-0.3, -0.25) is 4.98 Å². The van der Waals surface area contributed by atoms with E-state index in [0.29, 0.717) is 18.2 Å². The molecule has 0 aliphatic rings. The van der Waals surface area contributed by atoms with Crippen LogP contribution in [0.4, 0.5) is 5.69 Å². The maximum atomic E-state index is 5.50. The quantitative estimate of drug-likeness (QED) is 0.820. The Morgan fingerprint density at radius 3 is 2.73 bits per heavy atom. The third kappa shape index (κ3) is 2.67. The predicted octanol–water partition coefficient (Wildman–Crippen LogP) is 1.64. The van der Waals surface area contributed by atoms with Crippen molar-refractivity contribution in [3.05, 3.63) is 48.4 Å². The molecule has 2 aromatic rings. The number of nitrogens with two attached hydrogens (primary N) is 1. The maximum Gasteiger partial charge on any atom is 0.213 e. The molecule has 0 aliphatic carbocycles. The number of nitrogen functional groups attached to an aromatic ring is 1. The third-order valence-electron chi connectivity index (χ3n) is 1.85. The summed E-state index contributed by atoms with van der Waals surface area (Å²) in [7, 11) is 0. The fraction of sp³-hybridized carbons (Fsp3) is 0.0909. The molecule has 0 aliphatic heterocycles. The number of ether oxygens (including phenoxy) is 1. The minimum absolute atomic E-state index is 0.414. The van der Waals surface area contributed by atoms with Crippen LogP contribution in [0.5, 0.6) is 5.88 Å². The second-order valence-corrected chi connectivity index (χ2v) is 3.04. The Morgan fingerprint density at radius 1 is 1.13 bits per heavy atom. The molecule has 2 N–H and O–H groups in total. The summed E-state index contributed by atoms with van der Waals surface area (Å²) in [6.07, 6.45) is 3.29. The summed E-state index contributed by atoms with van der Waals surface area (Å²) >= 11 is 0. The molecule has 0 atom stereocenters. The number of rotatable bonds is 3. The highest BCUT2D eigenvalue weighted by molar-refractivity contribution is 5.35. The Balaban J connectivity index is 1.96. The van der Waals surface area contributed by atoms with Crippen molar-refractivity contribution in [2.45, 2.75) is 6.61 Å². The average Bonchev–Trinajstić information content (AvgIpc) is 2.30. The lowest BCUT2D eigenvalue weighted by molar-refractivity contribution is 0.289. The molecular formula is C11H11N3O. The van der Waals surface area contributed by atoms with E-state index in [1.165, 1.54) is 0 Å². The minimum atomic E-state index is 0.414. The molecule has 4 nitrogen and oxygen atoms in total. The lowest BCUT2D eigenvalue weighted by atomic mass is 10.4. The van der Waals surface area contributed by atoms with Gasteiger partial charge in [-0.15, -0.1) is 0 Å². The van der Waals surface area contributed by atoms with Crippen molar-refractivity contribution < 1.29 is 4.74 Å². The van der Waals surface area contributed by atoms with Gasteiger partial charge in [0.15, 0.2) is 0 Å². The zero-order chi connectivity index (χ0) is 10.5. The van der Waals surface area contributed by atoms with Gasteiger partial charge in [-0.1, -0.05) is 6.07 Å². The van der Waals surface area contributed by atoms with Gasteiger partial charge in [0, 0.05) is 12.3 Å².